The van der Waals surface area contributed by atoms with Crippen LogP contribution in [0.4, 0.5) is 0 Å². The first-order chi connectivity index (χ1) is 23.9. The van der Waals surface area contributed by atoms with Crippen molar-refractivity contribution in [1.29, 1.82) is 0 Å². The van der Waals surface area contributed by atoms with Gasteiger partial charge in [0.05, 0.1) is 24.6 Å². The number of nitrogens with one attached hydrogen (secondary N) is 3. The number of amides is 2. The number of aromatic nitrogens is 1. The second-order valence-electron chi connectivity index (χ2n) is 12.1. The van der Waals surface area contributed by atoms with Gasteiger partial charge in [-0.15, -0.1) is 13.2 Å². The Morgan fingerprint density at radius 2 is 1.61 bits per heavy atom. The molecule has 4 aromatic rings. The lowest BCUT2D eigenvalue weighted by Gasteiger charge is -2.23. The molecule has 1 aromatic heterocycles. The Bertz CT molecular complexity index is 1650. The van der Waals surface area contributed by atoms with E-state index in [2.05, 4.69) is 28.8 Å². The van der Waals surface area contributed by atoms with Crippen LogP contribution in [0.5, 0.6) is 5.75 Å². The molecule has 258 valence electrons. The number of benzene rings is 3. The molecule has 0 radical (unpaired) electrons. The van der Waals surface area contributed by atoms with E-state index in [-0.39, 0.29) is 50.3 Å². The van der Waals surface area contributed by atoms with Crippen LogP contribution in [0.1, 0.15) is 48.8 Å². The molecule has 3 atom stereocenters. The van der Waals surface area contributed by atoms with Gasteiger partial charge in [0.1, 0.15) is 19.0 Å². The second-order valence-corrected chi connectivity index (χ2v) is 12.1. The van der Waals surface area contributed by atoms with Gasteiger partial charge in [-0.2, -0.15) is 0 Å². The highest BCUT2D eigenvalue weighted by Gasteiger charge is 2.26. The fraction of sp³-hybridized carbons (Fsp3) is 0.325. The molecule has 0 unspecified atom stereocenters. The molecule has 0 aliphatic rings. The number of aliphatic hydroxyl groups is 1. The molecule has 49 heavy (non-hydrogen) atoms. The number of carbonyl (C=O) groups excluding carboxylic acids is 3. The summed E-state index contributed by atoms with van der Waals surface area (Å²) in [6.07, 6.45) is 7.88. The zero-order chi connectivity index (χ0) is 34.8. The number of carbonyl (C=O) groups is 3. The van der Waals surface area contributed by atoms with Gasteiger partial charge in [0.25, 0.3) is 0 Å². The third-order valence-corrected chi connectivity index (χ3v) is 8.22. The summed E-state index contributed by atoms with van der Waals surface area (Å²) in [5.41, 5.74) is 3.94. The van der Waals surface area contributed by atoms with Gasteiger partial charge in [-0.3, -0.25) is 14.4 Å². The fourth-order valence-corrected chi connectivity index (χ4v) is 5.60. The summed E-state index contributed by atoms with van der Waals surface area (Å²) in [6, 6.07) is 24.2. The number of aliphatic hydroxyl groups excluding tert-OH is 1. The highest BCUT2D eigenvalue weighted by Crippen LogP contribution is 2.20. The third-order valence-electron chi connectivity index (χ3n) is 8.22. The lowest BCUT2D eigenvalue weighted by Crippen LogP contribution is -2.45. The van der Waals surface area contributed by atoms with E-state index in [0.29, 0.717) is 32.3 Å². The van der Waals surface area contributed by atoms with Crippen LogP contribution in [-0.2, 0) is 38.6 Å². The molecule has 9 heteroatoms. The maximum atomic E-state index is 13.6. The van der Waals surface area contributed by atoms with Crippen molar-refractivity contribution in [3.63, 3.8) is 0 Å². The summed E-state index contributed by atoms with van der Waals surface area (Å²) < 4.78 is 11.4. The number of H-pyrrole nitrogens is 1. The molecule has 2 amide bonds. The van der Waals surface area contributed by atoms with E-state index in [1.54, 1.807) is 12.2 Å². The Morgan fingerprint density at radius 1 is 0.857 bits per heavy atom. The normalized spacial score (nSPS) is 12.8. The topological polar surface area (TPSA) is 130 Å². The zero-order valence-electron chi connectivity index (χ0n) is 27.9. The average molecular weight is 666 g/mol. The molecule has 0 saturated heterocycles. The Morgan fingerprint density at radius 3 is 2.35 bits per heavy atom. The summed E-state index contributed by atoms with van der Waals surface area (Å²) in [4.78, 5) is 42.4. The molecule has 0 bridgehead atoms. The number of unbranched alkanes of at least 4 members (excludes halogenated alkanes) is 1. The van der Waals surface area contributed by atoms with Gasteiger partial charge in [-0.25, -0.2) is 0 Å². The van der Waals surface area contributed by atoms with Crippen LogP contribution in [0, 0.1) is 5.92 Å². The van der Waals surface area contributed by atoms with Crippen LogP contribution in [0.15, 0.2) is 110 Å². The number of fused-ring (bicyclic) bond motifs is 1. The van der Waals surface area contributed by atoms with Crippen molar-refractivity contribution in [1.82, 2.24) is 15.6 Å². The van der Waals surface area contributed by atoms with Crippen molar-refractivity contribution in [2.24, 2.45) is 5.92 Å². The standard InChI is InChI=1S/C40H47N3O6/c1-3-5-7-17-39(46)49-28-34(23-32-25-41-37-16-11-10-15-36(32)37)43-40(47)31(12-4-2)24-38(45)42-33(26-44)22-29-18-20-35(21-19-29)48-27-30-13-8-6-9-14-30/h3-4,6,8-11,13-16,18-21,25,31,33-34,41,44H,1-2,5,7,12,17,22-24,26-28H2,(H,42,45)(H,43,47)/t31-,33-,34-/m0/s1. The highest BCUT2D eigenvalue weighted by atomic mass is 16.5. The predicted molar refractivity (Wildman–Crippen MR) is 192 cm³/mol. The van der Waals surface area contributed by atoms with Crippen molar-refractivity contribution in [3.05, 3.63) is 127 Å². The SMILES string of the molecule is C=CCCCC(=O)OC[C@H](Cc1c[nH]c2ccccc12)NC(=O)[C@@H](CC=C)CC(=O)N[C@H](CO)Cc1ccc(OCc2ccccc2)cc1. The number of allylic oxidation sites excluding steroid dienone is 2. The summed E-state index contributed by atoms with van der Waals surface area (Å²) >= 11 is 0. The molecule has 9 nitrogen and oxygen atoms in total. The first-order valence-corrected chi connectivity index (χ1v) is 16.8. The van der Waals surface area contributed by atoms with Crippen LogP contribution in [-0.4, -0.2) is 53.2 Å². The van der Waals surface area contributed by atoms with E-state index >= 15 is 0 Å². The van der Waals surface area contributed by atoms with Gasteiger partial charge < -0.3 is 30.2 Å². The van der Waals surface area contributed by atoms with Crippen molar-refractivity contribution in [2.45, 2.75) is 63.6 Å². The van der Waals surface area contributed by atoms with Crippen LogP contribution >= 0.6 is 0 Å². The Labute approximate surface area is 288 Å². The van der Waals surface area contributed by atoms with Crippen molar-refractivity contribution >= 4 is 28.7 Å². The van der Waals surface area contributed by atoms with E-state index in [4.69, 9.17) is 9.47 Å². The minimum Gasteiger partial charge on any atom is -0.489 e. The monoisotopic (exact) mass is 665 g/mol. The summed E-state index contributed by atoms with van der Waals surface area (Å²) in [6.45, 7) is 7.66. The maximum absolute atomic E-state index is 13.6. The number of hydrogen-bond donors (Lipinski definition) is 4. The maximum Gasteiger partial charge on any atom is 0.305 e. The summed E-state index contributed by atoms with van der Waals surface area (Å²) in [7, 11) is 0. The number of esters is 1. The third kappa shape index (κ3) is 12.1. The predicted octanol–water partition coefficient (Wildman–Crippen LogP) is 5.98. The van der Waals surface area contributed by atoms with E-state index in [1.807, 2.05) is 85.1 Å². The van der Waals surface area contributed by atoms with Crippen LogP contribution in [0.3, 0.4) is 0 Å². The molecule has 0 aliphatic carbocycles. The molecule has 4 N–H and O–H groups in total. The van der Waals surface area contributed by atoms with E-state index < -0.39 is 18.0 Å². The number of ether oxygens (including phenoxy) is 2. The van der Waals surface area contributed by atoms with Gasteiger partial charge >= 0.3 is 5.97 Å². The van der Waals surface area contributed by atoms with E-state index in [9.17, 15) is 19.5 Å². The van der Waals surface area contributed by atoms with Gasteiger partial charge in [-0.05, 0) is 67.0 Å². The van der Waals surface area contributed by atoms with Gasteiger partial charge in [-0.1, -0.05) is 72.8 Å². The quantitative estimate of drug-likeness (QED) is 0.0493. The number of rotatable bonds is 21. The number of aromatic amines is 1. The largest absolute Gasteiger partial charge is 0.489 e. The highest BCUT2D eigenvalue weighted by molar-refractivity contribution is 5.86. The van der Waals surface area contributed by atoms with Gasteiger partial charge in [0, 0.05) is 29.9 Å². The minimum absolute atomic E-state index is 0.00610. The van der Waals surface area contributed by atoms with Crippen LogP contribution in [0.2, 0.25) is 0 Å². The van der Waals surface area contributed by atoms with Gasteiger partial charge in [0.2, 0.25) is 11.8 Å². The molecule has 0 spiro atoms. The Kier molecular flexibility index (Phi) is 14.7. The lowest BCUT2D eigenvalue weighted by molar-refractivity contribution is -0.145. The van der Waals surface area contributed by atoms with E-state index in [1.165, 1.54) is 0 Å². The number of hydrogen-bond acceptors (Lipinski definition) is 6. The second kappa shape index (κ2) is 19.6. The van der Waals surface area contributed by atoms with Crippen molar-refractivity contribution in [2.75, 3.05) is 13.2 Å². The smallest absolute Gasteiger partial charge is 0.305 e. The fourth-order valence-electron chi connectivity index (χ4n) is 5.60. The summed E-state index contributed by atoms with van der Waals surface area (Å²) in [5, 5.41) is 17.0. The summed E-state index contributed by atoms with van der Waals surface area (Å²) in [5.74, 6) is -1.01. The Hall–Kier alpha value is -5.15. The first-order valence-electron chi connectivity index (χ1n) is 16.8. The van der Waals surface area contributed by atoms with Crippen molar-refractivity contribution in [3.8, 4) is 5.75 Å². The Balaban J connectivity index is 1.34. The molecule has 4 rings (SSSR count). The average Bonchev–Trinajstić information content (AvgIpc) is 3.52. The van der Waals surface area contributed by atoms with Crippen molar-refractivity contribution < 1.29 is 29.0 Å². The number of para-hydroxylation sites is 1. The van der Waals surface area contributed by atoms with Gasteiger partial charge in [0.15, 0.2) is 0 Å². The minimum atomic E-state index is -0.702. The van der Waals surface area contributed by atoms with Crippen LogP contribution in [0.25, 0.3) is 10.9 Å². The molecule has 0 aliphatic heterocycles. The molecule has 0 saturated carbocycles. The molecule has 0 fully saturated rings. The van der Waals surface area contributed by atoms with Crippen LogP contribution < -0.4 is 15.4 Å². The first kappa shape index (κ1) is 36.7. The molecule has 3 aromatic carbocycles. The van der Waals surface area contributed by atoms with E-state index in [0.717, 1.165) is 33.3 Å². The zero-order valence-corrected chi connectivity index (χ0v) is 27.9. The molecule has 1 heterocycles. The molecular formula is C40H47N3O6. The molecular weight excluding hydrogens is 618 g/mol. The lowest BCUT2D eigenvalue weighted by atomic mass is 9.97.